The summed E-state index contributed by atoms with van der Waals surface area (Å²) in [5, 5.41) is 16.9. The molecule has 2 aromatic rings. The van der Waals surface area contributed by atoms with Crippen LogP contribution in [0.15, 0.2) is 48.5 Å². The minimum Gasteiger partial charge on any atom is -0.478 e. The van der Waals surface area contributed by atoms with Gasteiger partial charge in [-0.3, -0.25) is 0 Å². The number of methoxy groups -OCH3 is 1. The predicted octanol–water partition coefficient (Wildman–Crippen LogP) is 2.31. The Hall–Kier alpha value is -3.33. The number of carboxylic acids is 1. The molecule has 6 heteroatoms. The second kappa shape index (κ2) is 8.07. The molecule has 0 aliphatic carbocycles. The van der Waals surface area contributed by atoms with Gasteiger partial charge in [0.05, 0.1) is 29.9 Å². The highest BCUT2D eigenvalue weighted by molar-refractivity contribution is 5.95. The van der Waals surface area contributed by atoms with Gasteiger partial charge in [-0.2, -0.15) is 5.26 Å². The van der Waals surface area contributed by atoms with Gasteiger partial charge in [0.15, 0.2) is 0 Å². The molecule has 0 aliphatic rings. The molecular formula is C16H14N2O4. The lowest BCUT2D eigenvalue weighted by Gasteiger charge is -2.02. The topological polar surface area (TPSA) is 113 Å². The number of nitrogens with two attached hydrogens (primary N) is 1. The molecule has 6 nitrogen and oxygen atoms in total. The zero-order chi connectivity index (χ0) is 16.5. The number of ether oxygens (including phenoxy) is 1. The highest BCUT2D eigenvalue weighted by atomic mass is 16.5. The van der Waals surface area contributed by atoms with Crippen molar-refractivity contribution in [2.24, 2.45) is 0 Å². The van der Waals surface area contributed by atoms with Crippen molar-refractivity contribution < 1.29 is 19.4 Å². The maximum atomic E-state index is 11.0. The van der Waals surface area contributed by atoms with Crippen LogP contribution < -0.4 is 5.73 Å². The molecule has 2 rings (SSSR count). The number of benzene rings is 2. The lowest BCUT2D eigenvalue weighted by atomic mass is 10.1. The van der Waals surface area contributed by atoms with Crippen LogP contribution in [-0.4, -0.2) is 24.2 Å². The van der Waals surface area contributed by atoms with Crippen LogP contribution >= 0.6 is 0 Å². The van der Waals surface area contributed by atoms with Crippen LogP contribution in [0.5, 0.6) is 0 Å². The van der Waals surface area contributed by atoms with E-state index < -0.39 is 11.9 Å². The number of hydrogen-bond donors (Lipinski definition) is 2. The molecule has 0 saturated carbocycles. The first-order valence-electron chi connectivity index (χ1n) is 6.16. The summed E-state index contributed by atoms with van der Waals surface area (Å²) in [7, 11) is 1.28. The van der Waals surface area contributed by atoms with E-state index in [-0.39, 0.29) is 11.3 Å². The van der Waals surface area contributed by atoms with Crippen molar-refractivity contribution in [2.45, 2.75) is 0 Å². The normalized spacial score (nSPS) is 8.91. The standard InChI is InChI=1S/C9H8N2O2.C7H6O2/c1-13-9(12)7-3-2-6(5-10)4-8(7)11;8-7(9)6-4-2-1-3-5-6/h2-4H,11H2,1H3;1-5H,(H,8,9). The van der Waals surface area contributed by atoms with Crippen molar-refractivity contribution in [3.63, 3.8) is 0 Å². The third kappa shape index (κ3) is 4.65. The number of nitrogen functional groups attached to an aromatic ring is 1. The Morgan fingerprint density at radius 1 is 1.18 bits per heavy atom. The minimum absolute atomic E-state index is 0.255. The van der Waals surface area contributed by atoms with E-state index in [2.05, 4.69) is 4.74 Å². The summed E-state index contributed by atoms with van der Waals surface area (Å²) < 4.78 is 4.49. The summed E-state index contributed by atoms with van der Waals surface area (Å²) in [5.41, 5.74) is 6.81. The van der Waals surface area contributed by atoms with Gasteiger partial charge in [0.25, 0.3) is 0 Å². The Morgan fingerprint density at radius 2 is 1.82 bits per heavy atom. The van der Waals surface area contributed by atoms with Crippen LogP contribution in [-0.2, 0) is 4.74 Å². The van der Waals surface area contributed by atoms with Crippen LogP contribution in [0.2, 0.25) is 0 Å². The molecule has 0 aromatic heterocycles. The number of anilines is 1. The summed E-state index contributed by atoms with van der Waals surface area (Å²) in [6, 6.07) is 14.6. The molecule has 0 spiro atoms. The van der Waals surface area contributed by atoms with E-state index in [1.54, 1.807) is 30.3 Å². The quantitative estimate of drug-likeness (QED) is 0.649. The summed E-state index contributed by atoms with van der Waals surface area (Å²) >= 11 is 0. The van der Waals surface area contributed by atoms with E-state index in [1.165, 1.54) is 25.3 Å². The Balaban J connectivity index is 0.000000235. The fraction of sp³-hybridized carbons (Fsp3) is 0.0625. The molecule has 0 heterocycles. The van der Waals surface area contributed by atoms with Crippen LogP contribution in [0, 0.1) is 11.3 Å². The van der Waals surface area contributed by atoms with Crippen molar-refractivity contribution in [1.82, 2.24) is 0 Å². The Morgan fingerprint density at radius 3 is 2.23 bits per heavy atom. The van der Waals surface area contributed by atoms with Crippen LogP contribution in [0.25, 0.3) is 0 Å². The zero-order valence-electron chi connectivity index (χ0n) is 11.8. The fourth-order valence-corrected chi connectivity index (χ4v) is 1.51. The van der Waals surface area contributed by atoms with Gasteiger partial charge in [0.2, 0.25) is 0 Å². The molecule has 3 N–H and O–H groups in total. The average molecular weight is 298 g/mol. The third-order valence-electron chi connectivity index (χ3n) is 2.61. The summed E-state index contributed by atoms with van der Waals surface area (Å²) in [5.74, 6) is -1.38. The number of aromatic carboxylic acids is 1. The van der Waals surface area contributed by atoms with E-state index in [4.69, 9.17) is 16.1 Å². The number of carbonyl (C=O) groups excluding carboxylic acids is 1. The predicted molar refractivity (Wildman–Crippen MR) is 80.3 cm³/mol. The highest BCUT2D eigenvalue weighted by Crippen LogP contribution is 2.14. The van der Waals surface area contributed by atoms with Crippen molar-refractivity contribution in [2.75, 3.05) is 12.8 Å². The minimum atomic E-state index is -0.879. The van der Waals surface area contributed by atoms with E-state index in [0.717, 1.165) is 0 Å². The number of carbonyl (C=O) groups is 2. The van der Waals surface area contributed by atoms with Gasteiger partial charge in [0, 0.05) is 5.69 Å². The molecule has 0 radical (unpaired) electrons. The molecule has 0 atom stereocenters. The van der Waals surface area contributed by atoms with Crippen LogP contribution in [0.1, 0.15) is 26.3 Å². The maximum absolute atomic E-state index is 11.0. The molecular weight excluding hydrogens is 284 g/mol. The van der Waals surface area contributed by atoms with Crippen molar-refractivity contribution in [3.05, 3.63) is 65.2 Å². The van der Waals surface area contributed by atoms with Gasteiger partial charge >= 0.3 is 11.9 Å². The summed E-state index contributed by atoms with van der Waals surface area (Å²) in [4.78, 5) is 21.2. The number of esters is 1. The Labute approximate surface area is 127 Å². The zero-order valence-corrected chi connectivity index (χ0v) is 11.8. The molecule has 0 amide bonds. The SMILES string of the molecule is COC(=O)c1ccc(C#N)cc1N.O=C(O)c1ccccc1. The molecule has 22 heavy (non-hydrogen) atoms. The second-order valence-electron chi connectivity index (χ2n) is 4.08. The number of nitriles is 1. The summed E-state index contributed by atoms with van der Waals surface area (Å²) in [6.07, 6.45) is 0. The van der Waals surface area contributed by atoms with E-state index in [1.807, 2.05) is 6.07 Å². The van der Waals surface area contributed by atoms with Gasteiger partial charge in [-0.05, 0) is 30.3 Å². The van der Waals surface area contributed by atoms with E-state index >= 15 is 0 Å². The first-order chi connectivity index (χ1) is 10.5. The molecule has 112 valence electrons. The van der Waals surface area contributed by atoms with Crippen molar-refractivity contribution in [1.29, 1.82) is 5.26 Å². The number of rotatable bonds is 2. The molecule has 0 aliphatic heterocycles. The molecule has 0 saturated heterocycles. The van der Waals surface area contributed by atoms with Gasteiger partial charge in [0.1, 0.15) is 0 Å². The van der Waals surface area contributed by atoms with Crippen LogP contribution in [0.3, 0.4) is 0 Å². The molecule has 0 fully saturated rings. The van der Waals surface area contributed by atoms with E-state index in [9.17, 15) is 9.59 Å². The smallest absolute Gasteiger partial charge is 0.339 e. The fourth-order valence-electron chi connectivity index (χ4n) is 1.51. The highest BCUT2D eigenvalue weighted by Gasteiger charge is 2.09. The number of carboxylic acid groups (broad SMARTS) is 1. The number of nitrogens with zero attached hydrogens (tertiary/aromatic N) is 1. The largest absolute Gasteiger partial charge is 0.478 e. The van der Waals surface area contributed by atoms with Crippen molar-refractivity contribution >= 4 is 17.6 Å². The Bertz CT molecular complexity index is 706. The van der Waals surface area contributed by atoms with Gasteiger partial charge in [-0.15, -0.1) is 0 Å². The van der Waals surface area contributed by atoms with Gasteiger partial charge in [-0.25, -0.2) is 9.59 Å². The van der Waals surface area contributed by atoms with Gasteiger partial charge in [-0.1, -0.05) is 18.2 Å². The second-order valence-corrected chi connectivity index (χ2v) is 4.08. The third-order valence-corrected chi connectivity index (χ3v) is 2.61. The molecule has 0 bridgehead atoms. The van der Waals surface area contributed by atoms with Crippen molar-refractivity contribution in [3.8, 4) is 6.07 Å². The Kier molecular flexibility index (Phi) is 6.13. The van der Waals surface area contributed by atoms with Gasteiger partial charge < -0.3 is 15.6 Å². The first-order valence-corrected chi connectivity index (χ1v) is 6.16. The number of hydrogen-bond acceptors (Lipinski definition) is 5. The lowest BCUT2D eigenvalue weighted by Crippen LogP contribution is -2.05. The molecule has 0 unspecified atom stereocenters. The lowest BCUT2D eigenvalue weighted by molar-refractivity contribution is 0.0601. The average Bonchev–Trinajstić information content (AvgIpc) is 2.55. The summed E-state index contributed by atoms with van der Waals surface area (Å²) in [6.45, 7) is 0. The van der Waals surface area contributed by atoms with Crippen LogP contribution in [0.4, 0.5) is 5.69 Å². The molecule has 2 aromatic carbocycles. The monoisotopic (exact) mass is 298 g/mol. The van der Waals surface area contributed by atoms with E-state index in [0.29, 0.717) is 11.1 Å². The first kappa shape index (κ1) is 16.7. The maximum Gasteiger partial charge on any atom is 0.339 e.